The predicted octanol–water partition coefficient (Wildman–Crippen LogP) is -0.0396. The SMILES string of the molecule is CC(C)c1ccc(NC(CC(=O)NN)C(=O)NN)cc1. The fourth-order valence-corrected chi connectivity index (χ4v) is 1.72. The maximum atomic E-state index is 11.6. The molecular formula is C13H21N5O2. The second-order valence-electron chi connectivity index (χ2n) is 4.75. The van der Waals surface area contributed by atoms with Crippen molar-refractivity contribution < 1.29 is 9.59 Å². The zero-order valence-corrected chi connectivity index (χ0v) is 11.6. The summed E-state index contributed by atoms with van der Waals surface area (Å²) < 4.78 is 0. The van der Waals surface area contributed by atoms with Gasteiger partial charge in [0.25, 0.3) is 5.91 Å². The van der Waals surface area contributed by atoms with Crippen molar-refractivity contribution in [2.24, 2.45) is 11.7 Å². The molecule has 0 saturated heterocycles. The molecule has 0 radical (unpaired) electrons. The van der Waals surface area contributed by atoms with E-state index in [1.165, 1.54) is 5.56 Å². The topological polar surface area (TPSA) is 122 Å². The van der Waals surface area contributed by atoms with Crippen LogP contribution in [-0.2, 0) is 9.59 Å². The van der Waals surface area contributed by atoms with Gasteiger partial charge in [-0.15, -0.1) is 0 Å². The molecule has 0 aliphatic heterocycles. The lowest BCUT2D eigenvalue weighted by atomic mass is 10.0. The second-order valence-corrected chi connectivity index (χ2v) is 4.75. The smallest absolute Gasteiger partial charge is 0.256 e. The van der Waals surface area contributed by atoms with Gasteiger partial charge in [0.15, 0.2) is 0 Å². The highest BCUT2D eigenvalue weighted by atomic mass is 16.2. The number of hydrogen-bond acceptors (Lipinski definition) is 5. The molecule has 7 N–H and O–H groups in total. The first kappa shape index (κ1) is 15.9. The quantitative estimate of drug-likeness (QED) is 0.284. The summed E-state index contributed by atoms with van der Waals surface area (Å²) in [6.45, 7) is 4.19. The number of benzene rings is 1. The van der Waals surface area contributed by atoms with Crippen molar-refractivity contribution in [3.05, 3.63) is 29.8 Å². The number of amides is 2. The van der Waals surface area contributed by atoms with E-state index >= 15 is 0 Å². The molecule has 0 aliphatic rings. The summed E-state index contributed by atoms with van der Waals surface area (Å²) in [7, 11) is 0. The molecule has 0 aromatic heterocycles. The highest BCUT2D eigenvalue weighted by molar-refractivity contribution is 5.90. The van der Waals surface area contributed by atoms with Crippen LogP contribution in [-0.4, -0.2) is 17.9 Å². The lowest BCUT2D eigenvalue weighted by molar-refractivity contribution is -0.127. The fourth-order valence-electron chi connectivity index (χ4n) is 1.72. The Morgan fingerprint density at radius 2 is 1.70 bits per heavy atom. The normalized spacial score (nSPS) is 11.8. The third-order valence-corrected chi connectivity index (χ3v) is 2.93. The Bertz CT molecular complexity index is 458. The molecule has 0 heterocycles. The summed E-state index contributed by atoms with van der Waals surface area (Å²) in [6, 6.07) is 6.85. The molecule has 2 amide bonds. The molecule has 0 bridgehead atoms. The molecule has 7 heteroatoms. The monoisotopic (exact) mass is 279 g/mol. The van der Waals surface area contributed by atoms with Crippen molar-refractivity contribution in [1.82, 2.24) is 10.9 Å². The van der Waals surface area contributed by atoms with Crippen molar-refractivity contribution in [3.8, 4) is 0 Å². The molecule has 1 aromatic carbocycles. The lowest BCUT2D eigenvalue weighted by Gasteiger charge is -2.18. The average Bonchev–Trinajstić information content (AvgIpc) is 2.46. The van der Waals surface area contributed by atoms with Crippen LogP contribution in [0.4, 0.5) is 5.69 Å². The van der Waals surface area contributed by atoms with E-state index in [2.05, 4.69) is 19.2 Å². The summed E-state index contributed by atoms with van der Waals surface area (Å²) in [5.74, 6) is 9.61. The van der Waals surface area contributed by atoms with E-state index in [4.69, 9.17) is 11.7 Å². The number of anilines is 1. The Kier molecular flexibility index (Phi) is 5.95. The van der Waals surface area contributed by atoms with Crippen LogP contribution in [0.5, 0.6) is 0 Å². The summed E-state index contributed by atoms with van der Waals surface area (Å²) in [4.78, 5) is 22.9. The van der Waals surface area contributed by atoms with Crippen LogP contribution in [0.3, 0.4) is 0 Å². The highest BCUT2D eigenvalue weighted by Crippen LogP contribution is 2.18. The first-order chi connectivity index (χ1) is 9.47. The molecule has 110 valence electrons. The van der Waals surface area contributed by atoms with Gasteiger partial charge < -0.3 is 5.32 Å². The van der Waals surface area contributed by atoms with Crippen LogP contribution in [0.25, 0.3) is 0 Å². The van der Waals surface area contributed by atoms with E-state index < -0.39 is 17.9 Å². The predicted molar refractivity (Wildman–Crippen MR) is 77.2 cm³/mol. The number of carbonyl (C=O) groups is 2. The van der Waals surface area contributed by atoms with E-state index in [9.17, 15) is 9.59 Å². The number of nitrogens with two attached hydrogens (primary N) is 2. The van der Waals surface area contributed by atoms with E-state index in [-0.39, 0.29) is 6.42 Å². The number of nitrogens with one attached hydrogen (secondary N) is 3. The minimum absolute atomic E-state index is 0.106. The third-order valence-electron chi connectivity index (χ3n) is 2.93. The Balaban J connectivity index is 2.78. The van der Waals surface area contributed by atoms with E-state index in [0.717, 1.165) is 5.69 Å². The van der Waals surface area contributed by atoms with Crippen LogP contribution in [0, 0.1) is 0 Å². The number of rotatable bonds is 6. The summed E-state index contributed by atoms with van der Waals surface area (Å²) >= 11 is 0. The first-order valence-corrected chi connectivity index (χ1v) is 6.34. The first-order valence-electron chi connectivity index (χ1n) is 6.34. The van der Waals surface area contributed by atoms with Gasteiger partial charge in [-0.3, -0.25) is 20.4 Å². The van der Waals surface area contributed by atoms with Crippen LogP contribution in [0.15, 0.2) is 24.3 Å². The van der Waals surface area contributed by atoms with Crippen molar-refractivity contribution in [2.45, 2.75) is 32.2 Å². The maximum absolute atomic E-state index is 11.6. The van der Waals surface area contributed by atoms with Gasteiger partial charge in [-0.25, -0.2) is 11.7 Å². The maximum Gasteiger partial charge on any atom is 0.256 e. The Hall–Kier alpha value is -2.12. The zero-order valence-electron chi connectivity index (χ0n) is 11.6. The minimum atomic E-state index is -0.784. The molecule has 0 saturated carbocycles. The van der Waals surface area contributed by atoms with Crippen molar-refractivity contribution in [1.29, 1.82) is 0 Å². The Morgan fingerprint density at radius 1 is 1.10 bits per heavy atom. The standard InChI is InChI=1S/C13H21N5O2/c1-8(2)9-3-5-10(6-4-9)16-11(13(20)18-15)7-12(19)17-14/h3-6,8,11,16H,7,14-15H2,1-2H3,(H,17,19)(H,18,20). The van der Waals surface area contributed by atoms with Gasteiger partial charge in [0.2, 0.25) is 5.91 Å². The molecule has 20 heavy (non-hydrogen) atoms. The molecule has 7 nitrogen and oxygen atoms in total. The Morgan fingerprint density at radius 3 is 2.15 bits per heavy atom. The van der Waals surface area contributed by atoms with Gasteiger partial charge in [0.05, 0.1) is 6.42 Å². The van der Waals surface area contributed by atoms with Gasteiger partial charge in [0.1, 0.15) is 6.04 Å². The van der Waals surface area contributed by atoms with E-state index in [1.807, 2.05) is 35.1 Å². The summed E-state index contributed by atoms with van der Waals surface area (Å²) in [5.41, 5.74) is 5.93. The molecular weight excluding hydrogens is 258 g/mol. The highest BCUT2D eigenvalue weighted by Gasteiger charge is 2.20. The summed E-state index contributed by atoms with van der Waals surface area (Å²) in [6.07, 6.45) is -0.106. The van der Waals surface area contributed by atoms with Gasteiger partial charge in [-0.05, 0) is 23.6 Å². The molecule has 0 spiro atoms. The number of carbonyl (C=O) groups excluding carboxylic acids is 2. The van der Waals surface area contributed by atoms with Crippen LogP contribution in [0.1, 0.15) is 31.7 Å². The third kappa shape index (κ3) is 4.52. The molecule has 1 rings (SSSR count). The molecule has 1 aromatic rings. The minimum Gasteiger partial charge on any atom is -0.373 e. The second kappa shape index (κ2) is 7.46. The van der Waals surface area contributed by atoms with E-state index in [1.54, 1.807) is 0 Å². The number of hydrogen-bond donors (Lipinski definition) is 5. The largest absolute Gasteiger partial charge is 0.373 e. The van der Waals surface area contributed by atoms with Gasteiger partial charge in [-0.2, -0.15) is 0 Å². The summed E-state index contributed by atoms with van der Waals surface area (Å²) in [5, 5.41) is 2.95. The van der Waals surface area contributed by atoms with E-state index in [0.29, 0.717) is 5.92 Å². The van der Waals surface area contributed by atoms with Gasteiger partial charge in [-0.1, -0.05) is 26.0 Å². The lowest BCUT2D eigenvalue weighted by Crippen LogP contribution is -2.46. The van der Waals surface area contributed by atoms with Gasteiger partial charge in [0, 0.05) is 5.69 Å². The van der Waals surface area contributed by atoms with Crippen molar-refractivity contribution in [2.75, 3.05) is 5.32 Å². The molecule has 1 atom stereocenters. The average molecular weight is 279 g/mol. The van der Waals surface area contributed by atoms with Crippen molar-refractivity contribution >= 4 is 17.5 Å². The van der Waals surface area contributed by atoms with Gasteiger partial charge >= 0.3 is 0 Å². The van der Waals surface area contributed by atoms with Crippen LogP contribution >= 0.6 is 0 Å². The fraction of sp³-hybridized carbons (Fsp3) is 0.385. The number of hydrazine groups is 2. The van der Waals surface area contributed by atoms with Crippen LogP contribution < -0.4 is 27.9 Å². The molecule has 0 aliphatic carbocycles. The molecule has 0 fully saturated rings. The zero-order chi connectivity index (χ0) is 15.1. The van der Waals surface area contributed by atoms with Crippen molar-refractivity contribution in [3.63, 3.8) is 0 Å². The Labute approximate surface area is 118 Å². The van der Waals surface area contributed by atoms with Crippen LogP contribution in [0.2, 0.25) is 0 Å². The molecule has 1 unspecified atom stereocenters.